The smallest absolute Gasteiger partial charge is 0.343 e. The predicted octanol–water partition coefficient (Wildman–Crippen LogP) is -2.89. The Morgan fingerprint density at radius 1 is 1.23 bits per heavy atom. The van der Waals surface area contributed by atoms with Gasteiger partial charge in [0, 0.05) is 36.6 Å². The topological polar surface area (TPSA) is 194 Å². The van der Waals surface area contributed by atoms with Crippen LogP contribution in [0.4, 0.5) is 0 Å². The highest BCUT2D eigenvalue weighted by atomic mass is 16.5. The molecule has 6 rings (SSSR count). The third-order valence-electron chi connectivity index (χ3n) is 8.43. The molecule has 13 heteroatoms. The summed E-state index contributed by atoms with van der Waals surface area (Å²) in [6.07, 6.45) is 2.81. The minimum atomic E-state index is -1.19. The van der Waals surface area contributed by atoms with E-state index in [0.717, 1.165) is 12.0 Å². The lowest BCUT2D eigenvalue weighted by Gasteiger charge is -2.43. The number of hydrogen-bond donors (Lipinski definition) is 7. The highest BCUT2D eigenvalue weighted by molar-refractivity contribution is 5.98. The van der Waals surface area contributed by atoms with Crippen molar-refractivity contribution < 1.29 is 24.4 Å². The molecular formula is C27H34N9O4+. The van der Waals surface area contributed by atoms with E-state index in [1.165, 1.54) is 12.4 Å². The lowest BCUT2D eigenvalue weighted by molar-refractivity contribution is -0.513. The molecule has 1 aromatic heterocycles. The molecule has 0 aliphatic carbocycles. The standard InChI is InChI=1S/C27H33N9O4/c1-26(2)8-11-40-19-15(4-3-5-16(19)26)23(39)32-18-13-36-25(29)33-17(12-31-22(38)14-6-9-30-10-7-14)20-27(36,21(18)37)35-24(28)34-20/h3-7,9-10,17-18,20-21,37H,8,11-13H2,1-2H3,(H2,29,33)(H,31,38)(H,32,39)(H3,28,34,35)/p+1/t17-,18?,20-,21+,27?/m0/s1. The van der Waals surface area contributed by atoms with Crippen LogP contribution in [0.5, 0.6) is 5.75 Å². The molecule has 0 radical (unpaired) electrons. The summed E-state index contributed by atoms with van der Waals surface area (Å²) in [4.78, 5) is 39.7. The van der Waals surface area contributed by atoms with E-state index in [9.17, 15) is 14.7 Å². The molecule has 5 atom stereocenters. The van der Waals surface area contributed by atoms with Gasteiger partial charge in [0.2, 0.25) is 5.66 Å². The average molecular weight is 549 g/mol. The van der Waals surface area contributed by atoms with Crippen molar-refractivity contribution in [3.8, 4) is 5.75 Å². The van der Waals surface area contributed by atoms with Crippen LogP contribution in [0.3, 0.4) is 0 Å². The van der Waals surface area contributed by atoms with E-state index in [2.05, 4.69) is 44.8 Å². The van der Waals surface area contributed by atoms with Crippen LogP contribution in [0.2, 0.25) is 0 Å². The molecule has 4 aliphatic heterocycles. The number of carbonyl (C=O) groups excluding carboxylic acids is 2. The van der Waals surface area contributed by atoms with Gasteiger partial charge in [-0.3, -0.25) is 25.3 Å². The van der Waals surface area contributed by atoms with E-state index in [1.54, 1.807) is 23.1 Å². The number of amides is 2. The van der Waals surface area contributed by atoms with Crippen LogP contribution in [-0.4, -0.2) is 88.3 Å². The minimum absolute atomic E-state index is 0.122. The van der Waals surface area contributed by atoms with Gasteiger partial charge in [0.25, 0.3) is 11.8 Å². The summed E-state index contributed by atoms with van der Waals surface area (Å²) in [7, 11) is 0. The van der Waals surface area contributed by atoms with E-state index in [-0.39, 0.29) is 42.2 Å². The van der Waals surface area contributed by atoms with Crippen molar-refractivity contribution in [1.82, 2.24) is 25.8 Å². The van der Waals surface area contributed by atoms with Gasteiger partial charge < -0.3 is 31.1 Å². The van der Waals surface area contributed by atoms with Gasteiger partial charge in [-0.2, -0.15) is 0 Å². The number of fused-ring (bicyclic) bond motifs is 1. The number of nitrogens with one attached hydrogen (secondary N) is 4. The first kappa shape index (κ1) is 25.9. The largest absolute Gasteiger partial charge is 0.492 e. The second-order valence-corrected chi connectivity index (χ2v) is 11.3. The van der Waals surface area contributed by atoms with Crippen LogP contribution in [-0.2, 0) is 5.41 Å². The number of aliphatic imine (C=N–C) groups is 1. The zero-order chi connectivity index (χ0) is 28.2. The molecule has 1 saturated heterocycles. The number of guanidine groups is 2. The molecule has 0 saturated carbocycles. The van der Waals surface area contributed by atoms with Crippen molar-refractivity contribution in [3.05, 3.63) is 59.4 Å². The number of pyridine rings is 1. The number of aliphatic hydroxyl groups excluding tert-OH is 1. The van der Waals surface area contributed by atoms with Crippen LogP contribution in [0, 0.1) is 0 Å². The Balaban J connectivity index is 1.23. The average Bonchev–Trinajstić information content (AvgIpc) is 3.43. The second kappa shape index (κ2) is 9.37. The van der Waals surface area contributed by atoms with E-state index in [0.29, 0.717) is 23.5 Å². The highest BCUT2D eigenvalue weighted by Gasteiger charge is 2.68. The summed E-state index contributed by atoms with van der Waals surface area (Å²) in [6.45, 7) is 5.11. The van der Waals surface area contributed by atoms with Crippen molar-refractivity contribution in [2.75, 3.05) is 19.7 Å². The maximum absolute atomic E-state index is 13.5. The Hall–Kier alpha value is -4.39. The fraction of sp³-hybridized carbons (Fsp3) is 0.444. The van der Waals surface area contributed by atoms with Crippen LogP contribution >= 0.6 is 0 Å². The van der Waals surface area contributed by atoms with Gasteiger partial charge in [-0.15, -0.1) is 0 Å². The Labute approximate surface area is 231 Å². The molecule has 2 aromatic rings. The molecule has 40 heavy (non-hydrogen) atoms. The zero-order valence-corrected chi connectivity index (χ0v) is 22.3. The number of benzene rings is 1. The molecular weight excluding hydrogens is 514 g/mol. The summed E-state index contributed by atoms with van der Waals surface area (Å²) in [5.41, 5.74) is 13.1. The van der Waals surface area contributed by atoms with Gasteiger partial charge in [0.05, 0.1) is 18.2 Å². The number of aromatic nitrogens is 1. The Morgan fingerprint density at radius 3 is 2.77 bits per heavy atom. The van der Waals surface area contributed by atoms with E-state index in [1.807, 2.05) is 12.1 Å². The zero-order valence-electron chi connectivity index (χ0n) is 22.3. The molecule has 1 spiro atoms. The number of nitrogens with zero attached hydrogens (tertiary/aromatic N) is 3. The lowest BCUT2D eigenvalue weighted by atomic mass is 9.79. The van der Waals surface area contributed by atoms with Crippen molar-refractivity contribution >= 4 is 23.7 Å². The number of aliphatic hydroxyl groups is 1. The van der Waals surface area contributed by atoms with E-state index < -0.39 is 29.9 Å². The van der Waals surface area contributed by atoms with Crippen LogP contribution in [0.25, 0.3) is 0 Å². The number of carbonyl (C=O) groups is 2. The minimum Gasteiger partial charge on any atom is -0.492 e. The first-order valence-electron chi connectivity index (χ1n) is 13.3. The molecule has 4 aliphatic rings. The molecule has 5 heterocycles. The Kier molecular flexibility index (Phi) is 6.06. The summed E-state index contributed by atoms with van der Waals surface area (Å²) in [5, 5.41) is 20.7. The van der Waals surface area contributed by atoms with E-state index in [4.69, 9.17) is 16.2 Å². The molecule has 2 unspecified atom stereocenters. The van der Waals surface area contributed by atoms with Crippen molar-refractivity contribution in [2.24, 2.45) is 16.5 Å². The van der Waals surface area contributed by atoms with Crippen molar-refractivity contribution in [1.29, 1.82) is 0 Å². The molecule has 1 fully saturated rings. The monoisotopic (exact) mass is 548 g/mol. The van der Waals surface area contributed by atoms with Crippen molar-refractivity contribution in [3.63, 3.8) is 0 Å². The maximum atomic E-state index is 13.5. The fourth-order valence-electron chi connectivity index (χ4n) is 6.29. The predicted molar refractivity (Wildman–Crippen MR) is 145 cm³/mol. The summed E-state index contributed by atoms with van der Waals surface area (Å²) in [6, 6.07) is 6.97. The normalized spacial score (nSPS) is 29.5. The third kappa shape index (κ3) is 3.99. The van der Waals surface area contributed by atoms with Crippen LogP contribution < -0.4 is 37.1 Å². The molecule has 13 nitrogen and oxygen atoms in total. The fourth-order valence-corrected chi connectivity index (χ4v) is 6.29. The highest BCUT2D eigenvalue weighted by Crippen LogP contribution is 2.41. The summed E-state index contributed by atoms with van der Waals surface area (Å²) >= 11 is 0. The quantitative estimate of drug-likeness (QED) is 0.205. The van der Waals surface area contributed by atoms with E-state index >= 15 is 0 Å². The van der Waals surface area contributed by atoms with Gasteiger partial charge in [-0.25, -0.2) is 10.3 Å². The van der Waals surface area contributed by atoms with Gasteiger partial charge >= 0.3 is 5.96 Å². The number of ether oxygens (including phenoxy) is 1. The van der Waals surface area contributed by atoms with Gasteiger partial charge in [-0.05, 0) is 30.0 Å². The third-order valence-corrected chi connectivity index (χ3v) is 8.43. The SMILES string of the molecule is CC1(C)CCOc2c(C(=O)NC3CN4C(N)=N[C@@H](CNC(=O)c5ccncc5)[C@@H]5[NH+]=C(N)NC54[C@@H]3O)cccc21. The molecule has 1 aromatic carbocycles. The maximum Gasteiger partial charge on any atom is 0.343 e. The number of nitrogens with two attached hydrogens (primary N) is 2. The summed E-state index contributed by atoms with van der Waals surface area (Å²) < 4.78 is 5.94. The number of para-hydroxylation sites is 1. The lowest BCUT2D eigenvalue weighted by Crippen LogP contribution is -2.88. The van der Waals surface area contributed by atoms with Crippen LogP contribution in [0.1, 0.15) is 46.5 Å². The van der Waals surface area contributed by atoms with Gasteiger partial charge in [0.15, 0.2) is 12.0 Å². The Bertz CT molecular complexity index is 1410. The van der Waals surface area contributed by atoms with Crippen LogP contribution in [0.15, 0.2) is 47.7 Å². The molecule has 0 bridgehead atoms. The molecule has 9 N–H and O–H groups in total. The number of hydrogen-bond acceptors (Lipinski definition) is 10. The first-order valence-corrected chi connectivity index (χ1v) is 13.3. The van der Waals surface area contributed by atoms with Gasteiger partial charge in [0.1, 0.15) is 17.9 Å². The van der Waals surface area contributed by atoms with Crippen molar-refractivity contribution in [2.45, 2.75) is 55.6 Å². The number of rotatable bonds is 5. The first-order chi connectivity index (χ1) is 19.1. The Morgan fingerprint density at radius 2 is 2.00 bits per heavy atom. The molecule has 2 amide bonds. The molecule has 210 valence electrons. The van der Waals surface area contributed by atoms with Gasteiger partial charge in [-0.1, -0.05) is 26.0 Å². The second-order valence-electron chi connectivity index (χ2n) is 11.3. The summed E-state index contributed by atoms with van der Waals surface area (Å²) in [5.74, 6) is 0.336.